The lowest BCUT2D eigenvalue weighted by atomic mass is 9.92. The zero-order valence-corrected chi connectivity index (χ0v) is 30.8. The molecule has 1 fully saturated rings. The van der Waals surface area contributed by atoms with E-state index in [1.165, 1.54) is 82.7 Å². The molecule has 3 unspecified atom stereocenters. The maximum Gasteiger partial charge on any atom is 0.218 e. The van der Waals surface area contributed by atoms with Gasteiger partial charge in [0.05, 0.1) is 33.9 Å². The second kappa shape index (κ2) is 10.8. The minimum absolute atomic E-state index is 0.283. The molecule has 6 heterocycles. The molecule has 56 heavy (non-hydrogen) atoms. The van der Waals surface area contributed by atoms with E-state index >= 15 is 0 Å². The van der Waals surface area contributed by atoms with Crippen molar-refractivity contribution in [2.24, 2.45) is 0 Å². The molecule has 0 spiro atoms. The van der Waals surface area contributed by atoms with Crippen LogP contribution in [-0.4, -0.2) is 4.40 Å². The fraction of sp³-hybridized carbons (Fsp3) is 0.0769. The monoisotopic (exact) mass is 717 g/mol. The molecule has 4 heteroatoms. The van der Waals surface area contributed by atoms with Crippen molar-refractivity contribution in [3.63, 3.8) is 0 Å². The molecular weight excluding hydrogens is 683 g/mol. The summed E-state index contributed by atoms with van der Waals surface area (Å²) in [6.07, 6.45) is 6.41. The summed E-state index contributed by atoms with van der Waals surface area (Å²) in [5, 5.41) is 7.32. The van der Waals surface area contributed by atoms with Gasteiger partial charge in [0.15, 0.2) is 24.6 Å². The first-order valence-electron chi connectivity index (χ1n) is 19.6. The molecule has 0 saturated heterocycles. The van der Waals surface area contributed by atoms with Crippen molar-refractivity contribution in [3.05, 3.63) is 181 Å². The zero-order valence-electron chi connectivity index (χ0n) is 30.8. The number of aryl methyl sites for hydroxylation is 1. The number of hydrogen-bond acceptors (Lipinski definition) is 1. The number of para-hydroxylation sites is 1. The van der Waals surface area contributed by atoms with Crippen LogP contribution in [0.2, 0.25) is 0 Å². The number of rotatable bonds is 4. The topological polar surface area (TPSA) is 25.3 Å². The molecule has 1 aliphatic heterocycles. The Balaban J connectivity index is 1.17. The summed E-state index contributed by atoms with van der Waals surface area (Å²) in [5.74, 6) is 0.652. The summed E-state index contributed by atoms with van der Waals surface area (Å²) in [6.45, 7) is 6.45. The Bertz CT molecular complexity index is 3480. The third kappa shape index (κ3) is 3.93. The first-order chi connectivity index (χ1) is 27.6. The highest BCUT2D eigenvalue weighted by Crippen LogP contribution is 2.66. The zero-order chi connectivity index (χ0) is 36.8. The SMILES string of the molecule is C=C[n+]1ccccc1-c1cc2c3cc(-c4ccccc4)cc4c5cc6c(cc5n(c2cc1C1C2c5ccccc5-c5ccc(C)c[n+]5C12)c34)oc1ccccc16. The third-order valence-corrected chi connectivity index (χ3v) is 12.9. The van der Waals surface area contributed by atoms with Gasteiger partial charge in [-0.05, 0) is 90.4 Å². The second-order valence-electron chi connectivity index (χ2n) is 15.8. The first-order valence-corrected chi connectivity index (χ1v) is 19.6. The lowest BCUT2D eigenvalue weighted by Crippen LogP contribution is -2.38. The van der Waals surface area contributed by atoms with Gasteiger partial charge in [0, 0.05) is 67.7 Å². The quantitative estimate of drug-likeness (QED) is 0.166. The van der Waals surface area contributed by atoms with E-state index < -0.39 is 0 Å². The van der Waals surface area contributed by atoms with Gasteiger partial charge in [-0.1, -0.05) is 66.7 Å². The molecule has 262 valence electrons. The summed E-state index contributed by atoms with van der Waals surface area (Å²) in [7, 11) is 0. The van der Waals surface area contributed by atoms with Gasteiger partial charge in [0.25, 0.3) is 0 Å². The Morgan fingerprint density at radius 1 is 0.571 bits per heavy atom. The van der Waals surface area contributed by atoms with Crippen LogP contribution < -0.4 is 9.13 Å². The van der Waals surface area contributed by atoms with E-state index in [0.717, 1.165) is 27.6 Å². The number of hydrogen-bond donors (Lipinski definition) is 0. The highest BCUT2D eigenvalue weighted by atomic mass is 16.3. The first kappa shape index (κ1) is 30.3. The normalized spacial score (nSPS) is 17.3. The maximum atomic E-state index is 6.54. The smallest absolute Gasteiger partial charge is 0.218 e. The van der Waals surface area contributed by atoms with Crippen LogP contribution in [-0.2, 0) is 0 Å². The minimum atomic E-state index is 0.283. The van der Waals surface area contributed by atoms with E-state index in [1.807, 2.05) is 6.20 Å². The van der Waals surface area contributed by atoms with Crippen LogP contribution in [0.1, 0.15) is 34.6 Å². The molecule has 4 nitrogen and oxygen atoms in total. The van der Waals surface area contributed by atoms with Crippen molar-refractivity contribution in [2.75, 3.05) is 0 Å². The minimum Gasteiger partial charge on any atom is -0.456 e. The van der Waals surface area contributed by atoms with Crippen molar-refractivity contribution in [3.8, 4) is 33.6 Å². The number of furan rings is 1. The number of nitrogens with zero attached hydrogens (tertiary/aromatic N) is 3. The van der Waals surface area contributed by atoms with Crippen molar-refractivity contribution in [2.45, 2.75) is 24.8 Å². The largest absolute Gasteiger partial charge is 0.456 e. The summed E-state index contributed by atoms with van der Waals surface area (Å²) in [5.41, 5.74) is 17.1. The van der Waals surface area contributed by atoms with Crippen molar-refractivity contribution in [1.82, 2.24) is 4.40 Å². The van der Waals surface area contributed by atoms with Gasteiger partial charge >= 0.3 is 0 Å². The second-order valence-corrected chi connectivity index (χ2v) is 15.8. The van der Waals surface area contributed by atoms with Crippen LogP contribution in [0.3, 0.4) is 0 Å². The standard InChI is InChI=1S/C52H35N3O/c1-3-53-22-12-11-18-43(53)36-25-37-41-23-32(31-13-5-4-6-14-31)24-42-38-26-39-34-16-9-10-19-47(34)56-48(39)28-46(38)55(51(41)42)45(37)27-40(36)50-49-35-17-8-7-15-33(35)44-21-20-30(2)29-54(44)52(49)50/h3-29,49-50,52H,1H2,2H3/q+2. The fourth-order valence-electron chi connectivity index (χ4n) is 10.5. The van der Waals surface area contributed by atoms with E-state index in [9.17, 15) is 0 Å². The van der Waals surface area contributed by atoms with Crippen molar-refractivity contribution < 1.29 is 13.6 Å². The molecule has 0 amide bonds. The van der Waals surface area contributed by atoms with Gasteiger partial charge in [-0.15, -0.1) is 0 Å². The van der Waals surface area contributed by atoms with Crippen molar-refractivity contribution >= 4 is 66.2 Å². The fourth-order valence-corrected chi connectivity index (χ4v) is 10.5. The molecule has 6 aromatic carbocycles. The number of pyridine rings is 2. The van der Waals surface area contributed by atoms with Gasteiger partial charge in [0.2, 0.25) is 11.4 Å². The Labute approximate surface area is 322 Å². The molecule has 0 radical (unpaired) electrons. The molecule has 1 saturated carbocycles. The van der Waals surface area contributed by atoms with Crippen LogP contribution in [0, 0.1) is 6.92 Å². The van der Waals surface area contributed by atoms with Crippen LogP contribution in [0.5, 0.6) is 0 Å². The number of benzene rings is 6. The van der Waals surface area contributed by atoms with Crippen LogP contribution in [0.25, 0.3) is 99.9 Å². The van der Waals surface area contributed by atoms with Gasteiger partial charge in [0.1, 0.15) is 11.2 Å². The Hall–Kier alpha value is -7.04. The summed E-state index contributed by atoms with van der Waals surface area (Å²) < 4.78 is 13.8. The molecular formula is C52H35N3O+2. The van der Waals surface area contributed by atoms with Crippen LogP contribution in [0.15, 0.2) is 169 Å². The van der Waals surface area contributed by atoms with Crippen LogP contribution in [0.4, 0.5) is 0 Å². The lowest BCUT2D eigenvalue weighted by molar-refractivity contribution is -0.693. The lowest BCUT2D eigenvalue weighted by Gasteiger charge is -2.13. The summed E-state index contributed by atoms with van der Waals surface area (Å²) >= 11 is 0. The predicted octanol–water partition coefficient (Wildman–Crippen LogP) is 12.2. The Morgan fingerprint density at radius 2 is 1.32 bits per heavy atom. The average molecular weight is 718 g/mol. The van der Waals surface area contributed by atoms with Crippen molar-refractivity contribution in [1.29, 1.82) is 0 Å². The molecule has 1 aliphatic carbocycles. The molecule has 13 rings (SSSR count). The van der Waals surface area contributed by atoms with Gasteiger partial charge < -0.3 is 8.82 Å². The molecule has 2 aliphatic rings. The highest BCUT2D eigenvalue weighted by Gasteiger charge is 2.64. The van der Waals surface area contributed by atoms with E-state index in [4.69, 9.17) is 4.42 Å². The molecule has 0 N–H and O–H groups in total. The Kier molecular flexibility index (Phi) is 5.84. The summed E-state index contributed by atoms with van der Waals surface area (Å²) in [6, 6.07) is 54.1. The maximum absolute atomic E-state index is 6.54. The van der Waals surface area contributed by atoms with E-state index in [2.05, 4.69) is 185 Å². The molecule has 5 aromatic heterocycles. The van der Waals surface area contributed by atoms with Gasteiger partial charge in [-0.3, -0.25) is 0 Å². The van der Waals surface area contributed by atoms with E-state index in [0.29, 0.717) is 12.0 Å². The molecule has 0 bridgehead atoms. The van der Waals surface area contributed by atoms with Gasteiger partial charge in [-0.2, -0.15) is 9.13 Å². The van der Waals surface area contributed by atoms with E-state index in [1.54, 1.807) is 0 Å². The summed E-state index contributed by atoms with van der Waals surface area (Å²) in [4.78, 5) is 0. The third-order valence-electron chi connectivity index (χ3n) is 12.9. The molecule has 3 atom stereocenters. The van der Waals surface area contributed by atoms with E-state index in [-0.39, 0.29) is 5.92 Å². The van der Waals surface area contributed by atoms with Crippen LogP contribution >= 0.6 is 0 Å². The Morgan fingerprint density at radius 3 is 2.20 bits per heavy atom. The number of fused-ring (bicyclic) bond motifs is 15. The number of aromatic nitrogens is 3. The van der Waals surface area contributed by atoms with Gasteiger partial charge in [-0.25, -0.2) is 0 Å². The predicted molar refractivity (Wildman–Crippen MR) is 227 cm³/mol. The average Bonchev–Trinajstić information content (AvgIpc) is 3.61. The highest BCUT2D eigenvalue weighted by molar-refractivity contribution is 6.27. The molecule has 11 aromatic rings.